The smallest absolute Gasteiger partial charge is 0.224 e. The number of nitrogens with one attached hydrogen (secondary N) is 1. The van der Waals surface area contributed by atoms with Crippen molar-refractivity contribution in [3.05, 3.63) is 46.4 Å². The number of aryl methyl sites for hydroxylation is 1. The van der Waals surface area contributed by atoms with Crippen LogP contribution in [0.3, 0.4) is 0 Å². The van der Waals surface area contributed by atoms with Gasteiger partial charge in [0.05, 0.1) is 5.69 Å². The molecule has 3 rings (SSSR count). The summed E-state index contributed by atoms with van der Waals surface area (Å²) in [6.07, 6.45) is 3.39. The van der Waals surface area contributed by atoms with E-state index in [0.29, 0.717) is 12.8 Å². The number of amides is 1. The molecule has 0 atom stereocenters. The Hall–Kier alpha value is -1.88. The summed E-state index contributed by atoms with van der Waals surface area (Å²) in [4.78, 5) is 15.4. The van der Waals surface area contributed by atoms with Crippen LogP contribution in [0.2, 0.25) is 0 Å². The molecule has 0 spiro atoms. The van der Waals surface area contributed by atoms with Gasteiger partial charge in [0.25, 0.3) is 0 Å². The number of carbonyl (C=O) groups excluding carboxylic acids is 1. The van der Waals surface area contributed by atoms with Crippen LogP contribution in [-0.4, -0.2) is 19.0 Å². The maximum absolute atomic E-state index is 13.9. The van der Waals surface area contributed by atoms with E-state index >= 15 is 0 Å². The Balaban J connectivity index is 1.63. The Morgan fingerprint density at radius 1 is 1.27 bits per heavy atom. The van der Waals surface area contributed by atoms with Gasteiger partial charge in [-0.15, -0.1) is 11.3 Å². The number of anilines is 2. The van der Waals surface area contributed by atoms with Gasteiger partial charge in [0.15, 0.2) is 0 Å². The van der Waals surface area contributed by atoms with E-state index in [1.165, 1.54) is 23.8 Å². The number of halogens is 1. The zero-order valence-corrected chi connectivity index (χ0v) is 13.2. The highest BCUT2D eigenvalue weighted by Crippen LogP contribution is 2.26. The topological polar surface area (TPSA) is 32.3 Å². The minimum Gasteiger partial charge on any atom is -0.371 e. The molecule has 2 aromatic rings. The van der Waals surface area contributed by atoms with Gasteiger partial charge in [-0.05, 0) is 48.9 Å². The molecule has 3 nitrogen and oxygen atoms in total. The molecule has 1 saturated heterocycles. The molecule has 0 radical (unpaired) electrons. The predicted molar refractivity (Wildman–Crippen MR) is 89.1 cm³/mol. The Bertz CT molecular complexity index is 636. The number of carbonyl (C=O) groups is 1. The van der Waals surface area contributed by atoms with E-state index in [9.17, 15) is 9.18 Å². The maximum atomic E-state index is 13.9. The van der Waals surface area contributed by atoms with Gasteiger partial charge >= 0.3 is 0 Å². The van der Waals surface area contributed by atoms with Gasteiger partial charge in [-0.1, -0.05) is 6.07 Å². The summed E-state index contributed by atoms with van der Waals surface area (Å²) in [5.74, 6) is -0.529. The second kappa shape index (κ2) is 6.92. The van der Waals surface area contributed by atoms with E-state index in [-0.39, 0.29) is 17.4 Å². The van der Waals surface area contributed by atoms with Crippen molar-refractivity contribution < 1.29 is 9.18 Å². The molecular weight excluding hydrogens is 299 g/mol. The first-order chi connectivity index (χ1) is 10.7. The minimum atomic E-state index is -0.382. The van der Waals surface area contributed by atoms with E-state index in [2.05, 4.69) is 10.2 Å². The average Bonchev–Trinajstić information content (AvgIpc) is 3.21. The summed E-state index contributed by atoms with van der Waals surface area (Å²) >= 11 is 1.63. The van der Waals surface area contributed by atoms with Crippen molar-refractivity contribution in [1.82, 2.24) is 0 Å². The molecule has 1 aromatic heterocycles. The molecule has 1 amide bonds. The fraction of sp³-hybridized carbons (Fsp3) is 0.353. The van der Waals surface area contributed by atoms with E-state index in [4.69, 9.17) is 0 Å². The lowest BCUT2D eigenvalue weighted by atomic mass is 10.2. The molecule has 22 heavy (non-hydrogen) atoms. The molecule has 116 valence electrons. The molecule has 2 heterocycles. The van der Waals surface area contributed by atoms with Gasteiger partial charge in [0, 0.05) is 30.1 Å². The zero-order chi connectivity index (χ0) is 15.4. The molecule has 1 aliphatic rings. The molecule has 1 N–H and O–H groups in total. The lowest BCUT2D eigenvalue weighted by Gasteiger charge is -2.18. The van der Waals surface area contributed by atoms with Crippen molar-refractivity contribution in [2.45, 2.75) is 25.7 Å². The van der Waals surface area contributed by atoms with Crippen LogP contribution in [-0.2, 0) is 11.2 Å². The van der Waals surface area contributed by atoms with Crippen LogP contribution in [0, 0.1) is 5.82 Å². The average molecular weight is 318 g/mol. The van der Waals surface area contributed by atoms with Gasteiger partial charge in [-0.2, -0.15) is 0 Å². The molecule has 0 aliphatic carbocycles. The van der Waals surface area contributed by atoms with Crippen molar-refractivity contribution in [3.63, 3.8) is 0 Å². The lowest BCUT2D eigenvalue weighted by molar-refractivity contribution is -0.116. The van der Waals surface area contributed by atoms with Gasteiger partial charge in [-0.25, -0.2) is 4.39 Å². The highest BCUT2D eigenvalue weighted by molar-refractivity contribution is 7.09. The predicted octanol–water partition coefficient (Wildman–Crippen LogP) is 4.06. The highest BCUT2D eigenvalue weighted by atomic mass is 32.1. The molecular formula is C17H19FN2OS. The first-order valence-corrected chi connectivity index (χ1v) is 8.47. The molecule has 5 heteroatoms. The maximum Gasteiger partial charge on any atom is 0.224 e. The summed E-state index contributed by atoms with van der Waals surface area (Å²) < 4.78 is 13.9. The summed E-state index contributed by atoms with van der Waals surface area (Å²) in [7, 11) is 0. The first-order valence-electron chi connectivity index (χ1n) is 7.59. The SMILES string of the molecule is O=C(CCc1cccs1)Nc1cc(N2CCCC2)ccc1F. The van der Waals surface area contributed by atoms with Gasteiger partial charge in [0.1, 0.15) is 5.82 Å². The van der Waals surface area contributed by atoms with E-state index in [1.807, 2.05) is 17.5 Å². The molecule has 0 saturated carbocycles. The first kappa shape index (κ1) is 15.0. The van der Waals surface area contributed by atoms with Gasteiger partial charge < -0.3 is 10.2 Å². The number of thiophene rings is 1. The van der Waals surface area contributed by atoms with E-state index in [0.717, 1.165) is 18.8 Å². The van der Waals surface area contributed by atoms with Crippen molar-refractivity contribution in [2.75, 3.05) is 23.3 Å². The number of hydrogen-bond acceptors (Lipinski definition) is 3. The molecule has 1 fully saturated rings. The Labute approximate surface area is 133 Å². The van der Waals surface area contributed by atoms with Crippen molar-refractivity contribution >= 4 is 28.6 Å². The Kier molecular flexibility index (Phi) is 4.73. The van der Waals surface area contributed by atoms with Gasteiger partial charge in [-0.3, -0.25) is 4.79 Å². The third-order valence-electron chi connectivity index (χ3n) is 3.87. The minimum absolute atomic E-state index is 0.147. The number of hydrogen-bond donors (Lipinski definition) is 1. The van der Waals surface area contributed by atoms with E-state index in [1.54, 1.807) is 23.5 Å². The van der Waals surface area contributed by atoms with Crippen molar-refractivity contribution in [3.8, 4) is 0 Å². The van der Waals surface area contributed by atoms with Crippen LogP contribution in [0.25, 0.3) is 0 Å². The molecule has 0 unspecified atom stereocenters. The molecule has 1 aliphatic heterocycles. The Morgan fingerprint density at radius 3 is 2.82 bits per heavy atom. The molecule has 1 aromatic carbocycles. The normalized spacial score (nSPS) is 14.3. The van der Waals surface area contributed by atoms with Gasteiger partial charge in [0.2, 0.25) is 5.91 Å². The van der Waals surface area contributed by atoms with E-state index < -0.39 is 0 Å². The van der Waals surface area contributed by atoms with Crippen molar-refractivity contribution in [2.24, 2.45) is 0 Å². The van der Waals surface area contributed by atoms with Crippen LogP contribution in [0.1, 0.15) is 24.1 Å². The Morgan fingerprint density at radius 2 is 2.09 bits per heavy atom. The van der Waals surface area contributed by atoms with Crippen LogP contribution in [0.4, 0.5) is 15.8 Å². The molecule has 0 bridgehead atoms. The standard InChI is InChI=1S/C17H19FN2OS/c18-15-7-5-13(20-9-1-2-10-20)12-16(15)19-17(21)8-6-14-4-3-11-22-14/h3-5,7,11-12H,1-2,6,8-10H2,(H,19,21). The number of nitrogens with zero attached hydrogens (tertiary/aromatic N) is 1. The summed E-state index contributed by atoms with van der Waals surface area (Å²) in [5, 5.41) is 4.69. The van der Waals surface area contributed by atoms with Crippen molar-refractivity contribution in [1.29, 1.82) is 0 Å². The van der Waals surface area contributed by atoms with Crippen LogP contribution in [0.5, 0.6) is 0 Å². The lowest BCUT2D eigenvalue weighted by Crippen LogP contribution is -2.19. The fourth-order valence-electron chi connectivity index (χ4n) is 2.69. The number of rotatable bonds is 5. The fourth-order valence-corrected chi connectivity index (χ4v) is 3.39. The quantitative estimate of drug-likeness (QED) is 0.901. The summed E-state index contributed by atoms with van der Waals surface area (Å²) in [6.45, 7) is 1.99. The van der Waals surface area contributed by atoms with Crippen LogP contribution >= 0.6 is 11.3 Å². The summed E-state index contributed by atoms with van der Waals surface area (Å²) in [6, 6.07) is 8.93. The number of benzene rings is 1. The zero-order valence-electron chi connectivity index (χ0n) is 12.3. The second-order valence-electron chi connectivity index (χ2n) is 5.49. The van der Waals surface area contributed by atoms with Crippen LogP contribution < -0.4 is 10.2 Å². The monoisotopic (exact) mass is 318 g/mol. The largest absolute Gasteiger partial charge is 0.371 e. The van der Waals surface area contributed by atoms with Crippen LogP contribution in [0.15, 0.2) is 35.7 Å². The third-order valence-corrected chi connectivity index (χ3v) is 4.81. The second-order valence-corrected chi connectivity index (χ2v) is 6.52. The third kappa shape index (κ3) is 3.65. The summed E-state index contributed by atoms with van der Waals surface area (Å²) in [5.41, 5.74) is 1.26. The highest BCUT2D eigenvalue weighted by Gasteiger charge is 2.15.